The maximum atomic E-state index is 6.20. The summed E-state index contributed by atoms with van der Waals surface area (Å²) in [4.78, 5) is 2.22. The number of rotatable bonds is 7. The Morgan fingerprint density at radius 3 is 2.75 bits per heavy atom. The van der Waals surface area contributed by atoms with Gasteiger partial charge in [-0.1, -0.05) is 6.92 Å². The molecule has 1 rings (SSSR count). The van der Waals surface area contributed by atoms with Gasteiger partial charge in [-0.25, -0.2) is 0 Å². The third kappa shape index (κ3) is 4.45. The van der Waals surface area contributed by atoms with Crippen molar-refractivity contribution in [2.45, 2.75) is 24.6 Å². The smallest absolute Gasteiger partial charge is 0.0456 e. The fourth-order valence-corrected chi connectivity index (χ4v) is 3.77. The van der Waals surface area contributed by atoms with E-state index >= 15 is 0 Å². The minimum atomic E-state index is 0.266. The fourth-order valence-electron chi connectivity index (χ4n) is 1.48. The molecule has 2 nitrogen and oxygen atoms in total. The molecule has 16 heavy (non-hydrogen) atoms. The second-order valence-corrected chi connectivity index (χ2v) is 6.25. The Morgan fingerprint density at radius 2 is 2.25 bits per heavy atom. The third-order valence-electron chi connectivity index (χ3n) is 2.57. The number of nitrogens with two attached hydrogens (primary N) is 1. The standard InChI is InChI=1S/C12H22N2S2/c1-4-11(13)12(10-5-7-15-9-10)16-8-6-14(2)3/h5,7,9,11-12H,4,6,8,13H2,1-3H3. The van der Waals surface area contributed by atoms with Crippen LogP contribution >= 0.6 is 23.1 Å². The molecular formula is C12H22N2S2. The molecule has 0 aliphatic heterocycles. The Bertz CT molecular complexity index is 273. The number of hydrogen-bond donors (Lipinski definition) is 1. The van der Waals surface area contributed by atoms with Gasteiger partial charge in [-0.2, -0.15) is 23.1 Å². The van der Waals surface area contributed by atoms with Crippen LogP contribution in [-0.2, 0) is 0 Å². The van der Waals surface area contributed by atoms with Gasteiger partial charge in [0, 0.05) is 23.6 Å². The molecule has 0 saturated carbocycles. The van der Waals surface area contributed by atoms with E-state index in [4.69, 9.17) is 5.73 Å². The number of hydrogen-bond acceptors (Lipinski definition) is 4. The molecule has 0 amide bonds. The lowest BCUT2D eigenvalue weighted by molar-refractivity contribution is 0.437. The molecule has 1 aromatic rings. The lowest BCUT2D eigenvalue weighted by Gasteiger charge is -2.22. The van der Waals surface area contributed by atoms with Crippen molar-refractivity contribution in [2.75, 3.05) is 26.4 Å². The molecule has 2 N–H and O–H groups in total. The number of nitrogens with zero attached hydrogens (tertiary/aromatic N) is 1. The van der Waals surface area contributed by atoms with Crippen LogP contribution < -0.4 is 5.73 Å². The molecule has 0 fully saturated rings. The monoisotopic (exact) mass is 258 g/mol. The van der Waals surface area contributed by atoms with Gasteiger partial charge in [-0.05, 0) is 42.9 Å². The fraction of sp³-hybridized carbons (Fsp3) is 0.667. The Labute approximate surface area is 107 Å². The Kier molecular flexibility index (Phi) is 6.43. The maximum absolute atomic E-state index is 6.20. The predicted octanol–water partition coefficient (Wildman–Crippen LogP) is 2.82. The summed E-state index contributed by atoms with van der Waals surface area (Å²) in [7, 11) is 4.22. The van der Waals surface area contributed by atoms with Crippen molar-refractivity contribution in [3.8, 4) is 0 Å². The van der Waals surface area contributed by atoms with E-state index in [9.17, 15) is 0 Å². The normalized spacial score (nSPS) is 15.3. The molecule has 0 radical (unpaired) electrons. The number of thioether (sulfide) groups is 1. The molecule has 4 heteroatoms. The average molecular weight is 258 g/mol. The van der Waals surface area contributed by atoms with Crippen molar-refractivity contribution in [3.05, 3.63) is 22.4 Å². The van der Waals surface area contributed by atoms with Crippen molar-refractivity contribution >= 4 is 23.1 Å². The van der Waals surface area contributed by atoms with Gasteiger partial charge in [0.15, 0.2) is 0 Å². The minimum absolute atomic E-state index is 0.266. The molecule has 0 aliphatic carbocycles. The van der Waals surface area contributed by atoms with Crippen molar-refractivity contribution in [2.24, 2.45) is 5.73 Å². The van der Waals surface area contributed by atoms with Gasteiger partial charge in [-0.15, -0.1) is 0 Å². The molecule has 0 saturated heterocycles. The van der Waals surface area contributed by atoms with E-state index in [0.717, 1.165) is 18.7 Å². The first kappa shape index (κ1) is 14.0. The van der Waals surface area contributed by atoms with E-state index in [1.165, 1.54) is 5.56 Å². The molecular weight excluding hydrogens is 236 g/mol. The van der Waals surface area contributed by atoms with E-state index in [-0.39, 0.29) is 6.04 Å². The van der Waals surface area contributed by atoms with Crippen LogP contribution in [0.3, 0.4) is 0 Å². The summed E-state index contributed by atoms with van der Waals surface area (Å²) in [5.41, 5.74) is 7.59. The SMILES string of the molecule is CCC(N)C(SCCN(C)C)c1ccsc1. The zero-order valence-corrected chi connectivity index (χ0v) is 12.0. The lowest BCUT2D eigenvalue weighted by atomic mass is 10.1. The first-order valence-electron chi connectivity index (χ1n) is 5.69. The van der Waals surface area contributed by atoms with Crippen molar-refractivity contribution in [3.63, 3.8) is 0 Å². The van der Waals surface area contributed by atoms with Crippen LogP contribution in [0, 0.1) is 0 Å². The molecule has 1 heterocycles. The highest BCUT2D eigenvalue weighted by Gasteiger charge is 2.19. The Hall–Kier alpha value is -0.0300. The van der Waals surface area contributed by atoms with E-state index in [1.807, 2.05) is 11.8 Å². The van der Waals surface area contributed by atoms with Gasteiger partial charge in [0.2, 0.25) is 0 Å². The highest BCUT2D eigenvalue weighted by atomic mass is 32.2. The summed E-state index contributed by atoms with van der Waals surface area (Å²) < 4.78 is 0. The summed E-state index contributed by atoms with van der Waals surface area (Å²) in [6.45, 7) is 3.28. The van der Waals surface area contributed by atoms with E-state index in [0.29, 0.717) is 5.25 Å². The molecule has 0 aromatic carbocycles. The van der Waals surface area contributed by atoms with Gasteiger partial charge >= 0.3 is 0 Å². The van der Waals surface area contributed by atoms with Gasteiger partial charge in [0.1, 0.15) is 0 Å². The molecule has 1 aromatic heterocycles. The van der Waals surface area contributed by atoms with Crippen LogP contribution in [0.2, 0.25) is 0 Å². The first-order valence-corrected chi connectivity index (χ1v) is 7.68. The molecule has 2 unspecified atom stereocenters. The molecule has 0 spiro atoms. The van der Waals surface area contributed by atoms with Crippen LogP contribution in [0.5, 0.6) is 0 Å². The second-order valence-electron chi connectivity index (χ2n) is 4.22. The summed E-state index contributed by atoms with van der Waals surface area (Å²) in [5, 5.41) is 4.82. The quantitative estimate of drug-likeness (QED) is 0.815. The van der Waals surface area contributed by atoms with Gasteiger partial charge in [-0.3, -0.25) is 0 Å². The maximum Gasteiger partial charge on any atom is 0.0456 e. The first-order chi connectivity index (χ1) is 7.65. The Morgan fingerprint density at radius 1 is 1.50 bits per heavy atom. The second kappa shape index (κ2) is 7.33. The van der Waals surface area contributed by atoms with E-state index < -0.39 is 0 Å². The molecule has 92 valence electrons. The highest BCUT2D eigenvalue weighted by Crippen LogP contribution is 2.33. The highest BCUT2D eigenvalue weighted by molar-refractivity contribution is 7.99. The zero-order valence-electron chi connectivity index (χ0n) is 10.3. The number of thiophene rings is 1. The minimum Gasteiger partial charge on any atom is -0.326 e. The van der Waals surface area contributed by atoms with Gasteiger partial charge in [0.25, 0.3) is 0 Å². The van der Waals surface area contributed by atoms with Gasteiger partial charge in [0.05, 0.1) is 0 Å². The van der Waals surface area contributed by atoms with E-state index in [1.54, 1.807) is 11.3 Å². The predicted molar refractivity (Wildman–Crippen MR) is 76.3 cm³/mol. The summed E-state index contributed by atoms with van der Waals surface area (Å²) in [6.07, 6.45) is 1.04. The van der Waals surface area contributed by atoms with Crippen LogP contribution in [0.15, 0.2) is 16.8 Å². The van der Waals surface area contributed by atoms with Crippen LogP contribution in [-0.4, -0.2) is 37.3 Å². The summed E-state index contributed by atoms with van der Waals surface area (Å²) in [5.74, 6) is 1.14. The van der Waals surface area contributed by atoms with Crippen LogP contribution in [0.1, 0.15) is 24.2 Å². The lowest BCUT2D eigenvalue weighted by Crippen LogP contribution is -2.26. The third-order valence-corrected chi connectivity index (χ3v) is 4.67. The van der Waals surface area contributed by atoms with Crippen LogP contribution in [0.4, 0.5) is 0 Å². The Balaban J connectivity index is 2.52. The van der Waals surface area contributed by atoms with Gasteiger partial charge < -0.3 is 10.6 Å². The van der Waals surface area contributed by atoms with Crippen molar-refractivity contribution in [1.29, 1.82) is 0 Å². The molecule has 2 atom stereocenters. The average Bonchev–Trinajstić information content (AvgIpc) is 2.76. The molecule has 0 bridgehead atoms. The van der Waals surface area contributed by atoms with Crippen molar-refractivity contribution in [1.82, 2.24) is 4.90 Å². The topological polar surface area (TPSA) is 29.3 Å². The van der Waals surface area contributed by atoms with Crippen molar-refractivity contribution < 1.29 is 0 Å². The van der Waals surface area contributed by atoms with E-state index in [2.05, 4.69) is 42.7 Å². The largest absolute Gasteiger partial charge is 0.326 e. The van der Waals surface area contributed by atoms with Crippen LogP contribution in [0.25, 0.3) is 0 Å². The summed E-state index contributed by atoms with van der Waals surface area (Å²) >= 11 is 3.74. The summed E-state index contributed by atoms with van der Waals surface area (Å²) in [6, 6.07) is 2.47. The zero-order chi connectivity index (χ0) is 12.0. The molecule has 0 aliphatic rings.